The first-order chi connectivity index (χ1) is 12.8. The summed E-state index contributed by atoms with van der Waals surface area (Å²) >= 11 is 18.1. The molecule has 1 aliphatic heterocycles. The van der Waals surface area contributed by atoms with Crippen LogP contribution in [-0.2, 0) is 9.59 Å². The van der Waals surface area contributed by atoms with Crippen molar-refractivity contribution in [3.63, 3.8) is 0 Å². The van der Waals surface area contributed by atoms with Crippen LogP contribution in [0.3, 0.4) is 0 Å². The van der Waals surface area contributed by atoms with Crippen LogP contribution in [0.2, 0.25) is 10.0 Å². The maximum atomic E-state index is 12.9. The Morgan fingerprint density at radius 3 is 2.19 bits per heavy atom. The van der Waals surface area contributed by atoms with Crippen molar-refractivity contribution in [2.24, 2.45) is 5.92 Å². The van der Waals surface area contributed by atoms with Crippen LogP contribution in [-0.4, -0.2) is 18.4 Å². The first-order valence-electron chi connectivity index (χ1n) is 8.26. The van der Waals surface area contributed by atoms with Crippen molar-refractivity contribution < 1.29 is 14.3 Å². The Hall–Kier alpha value is -2.01. The van der Waals surface area contributed by atoms with E-state index in [1.165, 1.54) is 12.1 Å². The standard InChI is InChI=1S/C20H16Cl3NO3/c1-11(2)10-27-14-6-3-12(4-7-14)17-18(23)20(26)24(19(17)25)13-5-8-15(21)16(22)9-13/h3-9,11H,10H2,1-2H3. The zero-order valence-electron chi connectivity index (χ0n) is 14.6. The highest BCUT2D eigenvalue weighted by molar-refractivity contribution is 6.60. The second-order valence-corrected chi connectivity index (χ2v) is 7.65. The summed E-state index contributed by atoms with van der Waals surface area (Å²) in [6, 6.07) is 11.4. The lowest BCUT2D eigenvalue weighted by molar-refractivity contribution is -0.119. The number of carbonyl (C=O) groups is 2. The predicted molar refractivity (Wildman–Crippen MR) is 109 cm³/mol. The molecule has 2 amide bonds. The molecule has 0 N–H and O–H groups in total. The fourth-order valence-corrected chi connectivity index (χ4v) is 3.16. The number of ether oxygens (including phenoxy) is 1. The summed E-state index contributed by atoms with van der Waals surface area (Å²) in [6.07, 6.45) is 0. The van der Waals surface area contributed by atoms with E-state index in [0.29, 0.717) is 34.5 Å². The van der Waals surface area contributed by atoms with Crippen LogP contribution in [0.15, 0.2) is 47.5 Å². The van der Waals surface area contributed by atoms with Gasteiger partial charge in [0.2, 0.25) is 0 Å². The predicted octanol–water partition coefficient (Wildman–Crippen LogP) is 5.55. The van der Waals surface area contributed by atoms with E-state index in [2.05, 4.69) is 13.8 Å². The highest BCUT2D eigenvalue weighted by atomic mass is 35.5. The van der Waals surface area contributed by atoms with Gasteiger partial charge in [-0.15, -0.1) is 0 Å². The summed E-state index contributed by atoms with van der Waals surface area (Å²) < 4.78 is 5.64. The Kier molecular flexibility index (Phi) is 5.80. The van der Waals surface area contributed by atoms with Crippen LogP contribution in [0.25, 0.3) is 5.57 Å². The largest absolute Gasteiger partial charge is 0.493 e. The van der Waals surface area contributed by atoms with E-state index in [0.717, 1.165) is 4.90 Å². The molecule has 0 saturated carbocycles. The summed E-state index contributed by atoms with van der Waals surface area (Å²) in [7, 11) is 0. The number of anilines is 1. The minimum absolute atomic E-state index is 0.137. The van der Waals surface area contributed by atoms with Gasteiger partial charge in [0.1, 0.15) is 10.8 Å². The minimum atomic E-state index is -0.602. The van der Waals surface area contributed by atoms with Gasteiger partial charge in [-0.05, 0) is 41.8 Å². The summed E-state index contributed by atoms with van der Waals surface area (Å²) in [6.45, 7) is 4.70. The molecule has 0 bridgehead atoms. The van der Waals surface area contributed by atoms with E-state index in [1.54, 1.807) is 30.3 Å². The summed E-state index contributed by atoms with van der Waals surface area (Å²) in [5, 5.41) is 0.434. The van der Waals surface area contributed by atoms with Gasteiger partial charge in [-0.3, -0.25) is 9.59 Å². The number of hydrogen-bond donors (Lipinski definition) is 0. The molecule has 7 heteroatoms. The van der Waals surface area contributed by atoms with E-state index in [-0.39, 0.29) is 15.6 Å². The molecule has 2 aromatic rings. The molecule has 0 unspecified atom stereocenters. The zero-order valence-corrected chi connectivity index (χ0v) is 16.9. The molecule has 0 aromatic heterocycles. The Morgan fingerprint density at radius 2 is 1.59 bits per heavy atom. The molecular formula is C20H16Cl3NO3. The van der Waals surface area contributed by atoms with E-state index >= 15 is 0 Å². The minimum Gasteiger partial charge on any atom is -0.493 e. The topological polar surface area (TPSA) is 46.6 Å². The van der Waals surface area contributed by atoms with Crippen LogP contribution < -0.4 is 9.64 Å². The van der Waals surface area contributed by atoms with E-state index in [9.17, 15) is 9.59 Å². The Bertz CT molecular complexity index is 936. The number of halogens is 3. The Morgan fingerprint density at radius 1 is 0.926 bits per heavy atom. The highest BCUT2D eigenvalue weighted by Gasteiger charge is 2.39. The maximum Gasteiger partial charge on any atom is 0.277 e. The highest BCUT2D eigenvalue weighted by Crippen LogP contribution is 2.37. The summed E-state index contributed by atoms with van der Waals surface area (Å²) in [5.74, 6) is -0.0349. The van der Waals surface area contributed by atoms with E-state index in [4.69, 9.17) is 39.5 Å². The zero-order chi connectivity index (χ0) is 19.7. The molecule has 0 aliphatic carbocycles. The molecule has 3 rings (SSSR count). The quantitative estimate of drug-likeness (QED) is 0.591. The number of nitrogens with zero attached hydrogens (tertiary/aromatic N) is 1. The molecule has 4 nitrogen and oxygen atoms in total. The molecule has 1 aliphatic rings. The first-order valence-corrected chi connectivity index (χ1v) is 9.40. The number of hydrogen-bond acceptors (Lipinski definition) is 3. The second kappa shape index (κ2) is 7.93. The fourth-order valence-electron chi connectivity index (χ4n) is 2.59. The van der Waals surface area contributed by atoms with Crippen LogP contribution in [0, 0.1) is 5.92 Å². The van der Waals surface area contributed by atoms with Gasteiger partial charge in [0, 0.05) is 0 Å². The lowest BCUT2D eigenvalue weighted by Gasteiger charge is -2.15. The van der Waals surface area contributed by atoms with Gasteiger partial charge in [0.15, 0.2) is 0 Å². The van der Waals surface area contributed by atoms with Gasteiger partial charge in [-0.1, -0.05) is 60.8 Å². The van der Waals surface area contributed by atoms with Gasteiger partial charge in [-0.2, -0.15) is 0 Å². The number of rotatable bonds is 5. The first kappa shape index (κ1) is 19.7. The summed E-state index contributed by atoms with van der Waals surface area (Å²) in [5.41, 5.74) is 0.991. The van der Waals surface area contributed by atoms with Crippen LogP contribution >= 0.6 is 34.8 Å². The molecule has 0 spiro atoms. The monoisotopic (exact) mass is 423 g/mol. The van der Waals surface area contributed by atoms with Crippen molar-refractivity contribution in [2.75, 3.05) is 11.5 Å². The molecule has 0 saturated heterocycles. The van der Waals surface area contributed by atoms with Gasteiger partial charge in [0.05, 0.1) is 27.9 Å². The number of benzene rings is 2. The smallest absolute Gasteiger partial charge is 0.277 e. The molecule has 2 aromatic carbocycles. The molecule has 140 valence electrons. The average molecular weight is 425 g/mol. The lowest BCUT2D eigenvalue weighted by atomic mass is 10.1. The molecule has 27 heavy (non-hydrogen) atoms. The number of imide groups is 1. The van der Waals surface area contributed by atoms with E-state index in [1.807, 2.05) is 0 Å². The van der Waals surface area contributed by atoms with Crippen molar-refractivity contribution in [1.82, 2.24) is 0 Å². The second-order valence-electron chi connectivity index (χ2n) is 6.46. The number of carbonyl (C=O) groups excluding carboxylic acids is 2. The van der Waals surface area contributed by atoms with Crippen molar-refractivity contribution in [3.05, 3.63) is 63.1 Å². The molecular weight excluding hydrogens is 409 g/mol. The van der Waals surface area contributed by atoms with E-state index < -0.39 is 11.8 Å². The third-order valence-corrected chi connectivity index (χ3v) is 5.00. The normalized spacial score (nSPS) is 14.5. The fraction of sp³-hybridized carbons (Fsp3) is 0.200. The molecule has 0 atom stereocenters. The Labute approximate surface area is 172 Å². The molecule has 1 heterocycles. The van der Waals surface area contributed by atoms with Crippen molar-refractivity contribution in [1.29, 1.82) is 0 Å². The van der Waals surface area contributed by atoms with Gasteiger partial charge in [0.25, 0.3) is 11.8 Å². The lowest BCUT2D eigenvalue weighted by Crippen LogP contribution is -2.31. The molecule has 0 fully saturated rings. The van der Waals surface area contributed by atoms with Crippen LogP contribution in [0.4, 0.5) is 5.69 Å². The number of amides is 2. The molecule has 0 radical (unpaired) electrons. The maximum absolute atomic E-state index is 12.9. The van der Waals surface area contributed by atoms with Gasteiger partial charge < -0.3 is 4.74 Å². The van der Waals surface area contributed by atoms with Gasteiger partial charge >= 0.3 is 0 Å². The van der Waals surface area contributed by atoms with Crippen LogP contribution in [0.5, 0.6) is 5.75 Å². The third-order valence-electron chi connectivity index (χ3n) is 3.92. The van der Waals surface area contributed by atoms with Gasteiger partial charge in [-0.25, -0.2) is 4.90 Å². The average Bonchev–Trinajstić information content (AvgIpc) is 2.85. The Balaban J connectivity index is 1.89. The van der Waals surface area contributed by atoms with Crippen molar-refractivity contribution >= 4 is 57.9 Å². The SMILES string of the molecule is CC(C)COc1ccc(C2=C(Cl)C(=O)N(c3ccc(Cl)c(Cl)c3)C2=O)cc1. The van der Waals surface area contributed by atoms with Crippen molar-refractivity contribution in [3.8, 4) is 5.75 Å². The third kappa shape index (κ3) is 3.98. The van der Waals surface area contributed by atoms with Crippen LogP contribution in [0.1, 0.15) is 19.4 Å². The van der Waals surface area contributed by atoms with Crippen molar-refractivity contribution in [2.45, 2.75) is 13.8 Å². The summed E-state index contributed by atoms with van der Waals surface area (Å²) in [4.78, 5) is 26.4.